The van der Waals surface area contributed by atoms with E-state index in [1.54, 1.807) is 39.0 Å². The minimum atomic E-state index is -0.619. The smallest absolute Gasteiger partial charge is 0.408 e. The van der Waals surface area contributed by atoms with Crippen LogP contribution in [0.4, 0.5) is 4.79 Å². The van der Waals surface area contributed by atoms with Crippen molar-refractivity contribution in [2.24, 2.45) is 0 Å². The third-order valence-corrected chi connectivity index (χ3v) is 2.49. The molecule has 6 nitrogen and oxygen atoms in total. The lowest BCUT2D eigenvalue weighted by atomic mass is 10.1. The number of hydrogen-bond acceptors (Lipinski definition) is 5. The van der Waals surface area contributed by atoms with Crippen LogP contribution in [0.25, 0.3) is 0 Å². The van der Waals surface area contributed by atoms with Gasteiger partial charge in [-0.2, -0.15) is 0 Å². The Kier molecular flexibility index (Phi) is 3.83. The van der Waals surface area contributed by atoms with Gasteiger partial charge in [-0.15, -0.1) is 0 Å². The van der Waals surface area contributed by atoms with Crippen LogP contribution in [0, 0.1) is 0 Å². The van der Waals surface area contributed by atoms with Crippen LogP contribution in [-0.2, 0) is 4.74 Å². The second kappa shape index (κ2) is 5.40. The molecule has 108 valence electrons. The van der Waals surface area contributed by atoms with Crippen molar-refractivity contribution >= 4 is 11.9 Å². The first-order chi connectivity index (χ1) is 9.35. The minimum Gasteiger partial charge on any atom is -0.454 e. The molecule has 2 rings (SSSR count). The predicted molar refractivity (Wildman–Crippen MR) is 71.1 cm³/mol. The Labute approximate surface area is 117 Å². The van der Waals surface area contributed by atoms with E-state index in [0.717, 1.165) is 0 Å². The molecule has 1 heterocycles. The Morgan fingerprint density at radius 1 is 1.25 bits per heavy atom. The number of hydrogen-bond donors (Lipinski definition) is 1. The maximum Gasteiger partial charge on any atom is 0.408 e. The topological polar surface area (TPSA) is 73.9 Å². The van der Waals surface area contributed by atoms with E-state index in [1.807, 2.05) is 0 Å². The van der Waals surface area contributed by atoms with Crippen molar-refractivity contribution in [2.45, 2.75) is 26.4 Å². The zero-order valence-corrected chi connectivity index (χ0v) is 11.7. The number of fused-ring (bicyclic) bond motifs is 1. The quantitative estimate of drug-likeness (QED) is 0.858. The van der Waals surface area contributed by atoms with Crippen LogP contribution in [0.1, 0.15) is 31.1 Å². The van der Waals surface area contributed by atoms with Gasteiger partial charge in [0.15, 0.2) is 17.3 Å². The molecular formula is C14H17NO5. The van der Waals surface area contributed by atoms with Gasteiger partial charge >= 0.3 is 6.09 Å². The number of ketones is 1. The van der Waals surface area contributed by atoms with Gasteiger partial charge in [-0.3, -0.25) is 4.79 Å². The van der Waals surface area contributed by atoms with E-state index in [9.17, 15) is 9.59 Å². The molecule has 0 spiro atoms. The maximum absolute atomic E-state index is 11.9. The Hall–Kier alpha value is -2.24. The Morgan fingerprint density at radius 2 is 1.95 bits per heavy atom. The van der Waals surface area contributed by atoms with E-state index in [0.29, 0.717) is 17.1 Å². The van der Waals surface area contributed by atoms with E-state index < -0.39 is 11.7 Å². The first kappa shape index (κ1) is 14.2. The zero-order valence-electron chi connectivity index (χ0n) is 11.7. The van der Waals surface area contributed by atoms with Crippen LogP contribution in [0.3, 0.4) is 0 Å². The fourth-order valence-corrected chi connectivity index (χ4v) is 1.64. The summed E-state index contributed by atoms with van der Waals surface area (Å²) in [7, 11) is 0. The lowest BCUT2D eigenvalue weighted by molar-refractivity contribution is 0.0520. The average molecular weight is 279 g/mol. The third-order valence-electron chi connectivity index (χ3n) is 2.49. The second-order valence-electron chi connectivity index (χ2n) is 5.35. The van der Waals surface area contributed by atoms with Gasteiger partial charge in [0, 0.05) is 5.56 Å². The van der Waals surface area contributed by atoms with Crippen LogP contribution < -0.4 is 14.8 Å². The standard InChI is InChI=1S/C14H17NO5/c1-14(2,3)20-13(17)15-7-10(16)9-4-5-11-12(6-9)19-8-18-11/h4-6H,7-8H2,1-3H3,(H,15,17). The number of Topliss-reactive ketones (excluding diaryl/α,β-unsaturated/α-hetero) is 1. The van der Waals surface area contributed by atoms with Gasteiger partial charge in [-0.05, 0) is 39.0 Å². The molecule has 1 aromatic carbocycles. The number of carbonyl (C=O) groups is 2. The lowest BCUT2D eigenvalue weighted by Crippen LogP contribution is -2.35. The molecule has 0 saturated carbocycles. The molecule has 1 amide bonds. The van der Waals surface area contributed by atoms with Crippen molar-refractivity contribution in [1.29, 1.82) is 0 Å². The van der Waals surface area contributed by atoms with E-state index in [2.05, 4.69) is 5.32 Å². The van der Waals surface area contributed by atoms with Crippen LogP contribution in [0.15, 0.2) is 18.2 Å². The number of carbonyl (C=O) groups excluding carboxylic acids is 2. The molecule has 0 fully saturated rings. The molecule has 0 aliphatic carbocycles. The molecular weight excluding hydrogens is 262 g/mol. The number of alkyl carbamates (subject to hydrolysis) is 1. The zero-order chi connectivity index (χ0) is 14.8. The average Bonchev–Trinajstić information content (AvgIpc) is 2.80. The van der Waals surface area contributed by atoms with Gasteiger partial charge in [-0.25, -0.2) is 4.79 Å². The normalized spacial score (nSPS) is 12.9. The Balaban J connectivity index is 1.91. The number of benzene rings is 1. The highest BCUT2D eigenvalue weighted by atomic mass is 16.7. The number of nitrogens with one attached hydrogen (secondary N) is 1. The highest BCUT2D eigenvalue weighted by Gasteiger charge is 2.19. The summed E-state index contributed by atoms with van der Waals surface area (Å²) < 4.78 is 15.4. The van der Waals surface area contributed by atoms with Gasteiger partial charge in [0.1, 0.15) is 5.60 Å². The molecule has 1 aliphatic heterocycles. The van der Waals surface area contributed by atoms with Gasteiger partial charge in [-0.1, -0.05) is 0 Å². The van der Waals surface area contributed by atoms with Crippen molar-refractivity contribution in [3.8, 4) is 11.5 Å². The first-order valence-electron chi connectivity index (χ1n) is 6.25. The maximum atomic E-state index is 11.9. The van der Waals surface area contributed by atoms with Crippen molar-refractivity contribution < 1.29 is 23.8 Å². The van der Waals surface area contributed by atoms with Gasteiger partial charge in [0.25, 0.3) is 0 Å². The summed E-state index contributed by atoms with van der Waals surface area (Å²) in [4.78, 5) is 23.4. The fraction of sp³-hybridized carbons (Fsp3) is 0.429. The molecule has 0 bridgehead atoms. The summed E-state index contributed by atoms with van der Waals surface area (Å²) in [6, 6.07) is 4.90. The van der Waals surface area contributed by atoms with E-state index in [4.69, 9.17) is 14.2 Å². The summed E-state index contributed by atoms with van der Waals surface area (Å²) in [5.41, 5.74) is -0.142. The molecule has 0 radical (unpaired) electrons. The minimum absolute atomic E-state index is 0.130. The largest absolute Gasteiger partial charge is 0.454 e. The second-order valence-corrected chi connectivity index (χ2v) is 5.35. The van der Waals surface area contributed by atoms with Crippen LogP contribution >= 0.6 is 0 Å². The van der Waals surface area contributed by atoms with Crippen molar-refractivity contribution in [1.82, 2.24) is 5.32 Å². The molecule has 0 aromatic heterocycles. The number of rotatable bonds is 3. The SMILES string of the molecule is CC(C)(C)OC(=O)NCC(=O)c1ccc2c(c1)OCO2. The summed E-state index contributed by atoms with van der Waals surface area (Å²) in [5, 5.41) is 2.42. The molecule has 0 saturated heterocycles. The van der Waals surface area contributed by atoms with Gasteiger partial charge in [0.2, 0.25) is 6.79 Å². The summed E-state index contributed by atoms with van der Waals surface area (Å²) >= 11 is 0. The van der Waals surface area contributed by atoms with Crippen LogP contribution in [0.5, 0.6) is 11.5 Å². The fourth-order valence-electron chi connectivity index (χ4n) is 1.64. The van der Waals surface area contributed by atoms with E-state index in [1.165, 1.54) is 0 Å². The van der Waals surface area contributed by atoms with Crippen LogP contribution in [0.2, 0.25) is 0 Å². The molecule has 1 N–H and O–H groups in total. The molecule has 0 atom stereocenters. The highest BCUT2D eigenvalue weighted by Crippen LogP contribution is 2.32. The Morgan fingerprint density at radius 3 is 2.65 bits per heavy atom. The molecule has 1 aromatic rings. The molecule has 0 unspecified atom stereocenters. The first-order valence-corrected chi connectivity index (χ1v) is 6.25. The van der Waals surface area contributed by atoms with E-state index >= 15 is 0 Å². The van der Waals surface area contributed by atoms with Crippen LogP contribution in [-0.4, -0.2) is 30.8 Å². The molecule has 1 aliphatic rings. The van der Waals surface area contributed by atoms with Crippen molar-refractivity contribution in [2.75, 3.05) is 13.3 Å². The predicted octanol–water partition coefficient (Wildman–Crippen LogP) is 2.12. The van der Waals surface area contributed by atoms with Crippen molar-refractivity contribution in [3.63, 3.8) is 0 Å². The highest BCUT2D eigenvalue weighted by molar-refractivity contribution is 5.99. The summed E-state index contributed by atoms with van der Waals surface area (Å²) in [6.45, 7) is 5.29. The Bertz CT molecular complexity index is 533. The third kappa shape index (κ3) is 3.63. The monoisotopic (exact) mass is 279 g/mol. The van der Waals surface area contributed by atoms with Gasteiger partial charge in [0.05, 0.1) is 6.54 Å². The number of amides is 1. The summed E-state index contributed by atoms with van der Waals surface area (Å²) in [6.07, 6.45) is -0.619. The molecule has 20 heavy (non-hydrogen) atoms. The van der Waals surface area contributed by atoms with E-state index in [-0.39, 0.29) is 19.1 Å². The van der Waals surface area contributed by atoms with Gasteiger partial charge < -0.3 is 19.5 Å². The van der Waals surface area contributed by atoms with Crippen molar-refractivity contribution in [3.05, 3.63) is 23.8 Å². The molecule has 6 heteroatoms. The lowest BCUT2D eigenvalue weighted by Gasteiger charge is -2.19. The number of ether oxygens (including phenoxy) is 3. The summed E-state index contributed by atoms with van der Waals surface area (Å²) in [5.74, 6) is 0.920.